The van der Waals surface area contributed by atoms with Crippen LogP contribution in [0.15, 0.2) is 41.1 Å². The Morgan fingerprint density at radius 1 is 1.02 bits per heavy atom. The van der Waals surface area contributed by atoms with E-state index < -0.39 is 35.4 Å². The van der Waals surface area contributed by atoms with Gasteiger partial charge >= 0.3 is 12.2 Å². The average molecular weight is 559 g/mol. The Morgan fingerprint density at radius 2 is 1.73 bits per heavy atom. The number of halogens is 5. The predicted octanol–water partition coefficient (Wildman–Crippen LogP) is 5.91. The van der Waals surface area contributed by atoms with Crippen molar-refractivity contribution < 1.29 is 31.2 Å². The van der Waals surface area contributed by atoms with Gasteiger partial charge in [0, 0.05) is 25.2 Å². The molecule has 208 valence electrons. The summed E-state index contributed by atoms with van der Waals surface area (Å²) < 4.78 is 73.0. The van der Waals surface area contributed by atoms with Crippen LogP contribution < -0.4 is 5.32 Å². The van der Waals surface area contributed by atoms with Crippen LogP contribution in [0.25, 0.3) is 22.9 Å². The third-order valence-electron chi connectivity index (χ3n) is 6.47. The largest absolute Gasteiger partial charge is 0.451 e. The van der Waals surface area contributed by atoms with Gasteiger partial charge in [0.1, 0.15) is 28.8 Å². The van der Waals surface area contributed by atoms with Crippen molar-refractivity contribution in [2.45, 2.75) is 38.8 Å². The molecule has 1 fully saturated rings. The lowest BCUT2D eigenvalue weighted by Crippen LogP contribution is -2.41. The van der Waals surface area contributed by atoms with E-state index in [-0.39, 0.29) is 36.4 Å². The number of oxazole rings is 1. The molecule has 0 unspecified atom stereocenters. The lowest BCUT2D eigenvalue weighted by Gasteiger charge is -2.32. The Morgan fingerprint density at radius 3 is 2.40 bits per heavy atom. The van der Waals surface area contributed by atoms with Crippen molar-refractivity contribution in [1.82, 2.24) is 29.8 Å². The van der Waals surface area contributed by atoms with Crippen LogP contribution in [0.2, 0.25) is 0 Å². The Balaban J connectivity index is 1.37. The van der Waals surface area contributed by atoms with Crippen molar-refractivity contribution in [2.24, 2.45) is 0 Å². The van der Waals surface area contributed by atoms with Crippen molar-refractivity contribution >= 4 is 11.7 Å². The van der Waals surface area contributed by atoms with E-state index in [1.165, 1.54) is 23.2 Å². The molecular weight excluding hydrogens is 537 g/mol. The number of urea groups is 1. The number of para-hydroxylation sites is 1. The number of alkyl halides is 3. The number of amides is 2. The lowest BCUT2D eigenvalue weighted by molar-refractivity contribution is -0.144. The van der Waals surface area contributed by atoms with Gasteiger partial charge in [0.25, 0.3) is 0 Å². The molecule has 0 spiro atoms. The fourth-order valence-electron chi connectivity index (χ4n) is 4.62. The number of benzene rings is 1. The van der Waals surface area contributed by atoms with Gasteiger partial charge < -0.3 is 14.6 Å². The molecule has 1 saturated heterocycles. The van der Waals surface area contributed by atoms with Gasteiger partial charge in [-0.05, 0) is 44.9 Å². The number of aromatic nitrogens is 5. The van der Waals surface area contributed by atoms with E-state index in [1.807, 2.05) is 0 Å². The normalized spacial score (nSPS) is 14.4. The SMILES string of the molecule is Cc1nc(C)c(-c2cnc(-c3ccnc(C(F)(F)F)n3)o2)c(C2CCN(C(=O)Nc3c(F)cccc3F)CC2)n1. The maximum absolute atomic E-state index is 14.0. The zero-order valence-corrected chi connectivity index (χ0v) is 21.3. The zero-order chi connectivity index (χ0) is 28.6. The summed E-state index contributed by atoms with van der Waals surface area (Å²) >= 11 is 0. The van der Waals surface area contributed by atoms with Crippen LogP contribution >= 0.6 is 0 Å². The van der Waals surface area contributed by atoms with Gasteiger partial charge in [-0.1, -0.05) is 6.07 Å². The smallest absolute Gasteiger partial charge is 0.435 e. The van der Waals surface area contributed by atoms with Crippen LogP contribution in [0.5, 0.6) is 0 Å². The minimum absolute atomic E-state index is 0.124. The number of nitrogens with zero attached hydrogens (tertiary/aromatic N) is 6. The minimum Gasteiger partial charge on any atom is -0.435 e. The molecule has 0 bridgehead atoms. The van der Waals surface area contributed by atoms with Gasteiger partial charge in [0.05, 0.1) is 23.1 Å². The second-order valence-corrected chi connectivity index (χ2v) is 9.20. The standard InChI is InChI=1S/C26H22F5N7O2/c1-13-20(19-12-33-23(40-19)18-6-9-32-24(36-18)26(29,30)31)21(35-14(2)34-13)15-7-10-38(11-8-15)25(39)37-22-16(27)4-3-5-17(22)28/h3-6,9,12,15H,7-8,10-11H2,1-2H3,(H,37,39). The second kappa shape index (κ2) is 10.6. The maximum atomic E-state index is 14.0. The Hall–Kier alpha value is -4.49. The molecule has 0 aliphatic carbocycles. The summed E-state index contributed by atoms with van der Waals surface area (Å²) in [4.78, 5) is 34.1. The van der Waals surface area contributed by atoms with Gasteiger partial charge in [-0.25, -0.2) is 38.5 Å². The van der Waals surface area contributed by atoms with Crippen LogP contribution in [0.3, 0.4) is 0 Å². The number of likely N-dealkylation sites (tertiary alicyclic amines) is 1. The van der Waals surface area contributed by atoms with Crippen LogP contribution in [0.4, 0.5) is 32.4 Å². The van der Waals surface area contributed by atoms with E-state index in [4.69, 9.17) is 4.42 Å². The van der Waals surface area contributed by atoms with Crippen molar-refractivity contribution in [3.8, 4) is 22.9 Å². The van der Waals surface area contributed by atoms with E-state index in [1.54, 1.807) is 13.8 Å². The molecule has 1 aromatic carbocycles. The summed E-state index contributed by atoms with van der Waals surface area (Å²) in [7, 11) is 0. The molecular formula is C26H22F5N7O2. The summed E-state index contributed by atoms with van der Waals surface area (Å²) in [5, 5.41) is 2.30. The Labute approximate surface area is 224 Å². The number of piperidine rings is 1. The third-order valence-corrected chi connectivity index (χ3v) is 6.47. The highest BCUT2D eigenvalue weighted by Crippen LogP contribution is 2.37. The number of anilines is 1. The number of carbonyl (C=O) groups is 1. The Bertz CT molecular complexity index is 1550. The molecule has 9 nitrogen and oxygen atoms in total. The van der Waals surface area contributed by atoms with Crippen LogP contribution in [0, 0.1) is 25.5 Å². The maximum Gasteiger partial charge on any atom is 0.451 e. The molecule has 40 heavy (non-hydrogen) atoms. The average Bonchev–Trinajstić information content (AvgIpc) is 3.40. The van der Waals surface area contributed by atoms with Crippen molar-refractivity contribution in [3.05, 3.63) is 71.3 Å². The van der Waals surface area contributed by atoms with Gasteiger partial charge in [0.2, 0.25) is 11.7 Å². The molecule has 2 amide bonds. The van der Waals surface area contributed by atoms with Crippen molar-refractivity contribution in [3.63, 3.8) is 0 Å². The predicted molar refractivity (Wildman–Crippen MR) is 132 cm³/mol. The monoisotopic (exact) mass is 559 g/mol. The lowest BCUT2D eigenvalue weighted by atomic mass is 9.89. The first-order valence-corrected chi connectivity index (χ1v) is 12.2. The van der Waals surface area contributed by atoms with Gasteiger partial charge in [-0.2, -0.15) is 13.2 Å². The summed E-state index contributed by atoms with van der Waals surface area (Å²) in [6, 6.07) is 3.96. The van der Waals surface area contributed by atoms with Crippen molar-refractivity contribution in [2.75, 3.05) is 18.4 Å². The fourth-order valence-corrected chi connectivity index (χ4v) is 4.62. The summed E-state index contributed by atoms with van der Waals surface area (Å²) in [6.07, 6.45) is -1.41. The third kappa shape index (κ3) is 5.46. The quantitative estimate of drug-likeness (QED) is 0.310. The highest BCUT2D eigenvalue weighted by molar-refractivity contribution is 5.89. The minimum atomic E-state index is -4.73. The van der Waals surface area contributed by atoms with Crippen LogP contribution in [-0.2, 0) is 6.18 Å². The number of hydrogen-bond donors (Lipinski definition) is 1. The Kier molecular flexibility index (Phi) is 7.17. The molecule has 1 aliphatic rings. The first-order chi connectivity index (χ1) is 19.0. The number of hydrogen-bond acceptors (Lipinski definition) is 7. The van der Waals surface area contributed by atoms with Crippen LogP contribution in [-0.4, -0.2) is 48.9 Å². The summed E-state index contributed by atoms with van der Waals surface area (Å²) in [5.74, 6) is -2.55. The van der Waals surface area contributed by atoms with Crippen LogP contribution in [0.1, 0.15) is 41.8 Å². The number of rotatable bonds is 4. The molecule has 14 heteroatoms. The molecule has 0 radical (unpaired) electrons. The van der Waals surface area contributed by atoms with E-state index in [2.05, 4.69) is 30.2 Å². The molecule has 3 aromatic heterocycles. The van der Waals surface area contributed by atoms with E-state index in [0.717, 1.165) is 18.3 Å². The van der Waals surface area contributed by atoms with Crippen molar-refractivity contribution in [1.29, 1.82) is 0 Å². The van der Waals surface area contributed by atoms with E-state index in [9.17, 15) is 26.7 Å². The van der Waals surface area contributed by atoms with Gasteiger partial charge in [0.15, 0.2) is 5.76 Å². The van der Waals surface area contributed by atoms with E-state index >= 15 is 0 Å². The molecule has 0 saturated carbocycles. The molecule has 1 aliphatic heterocycles. The highest BCUT2D eigenvalue weighted by atomic mass is 19.4. The second-order valence-electron chi connectivity index (χ2n) is 9.20. The molecule has 4 aromatic rings. The summed E-state index contributed by atoms with van der Waals surface area (Å²) in [5.41, 5.74) is 1.13. The van der Waals surface area contributed by atoms with E-state index in [0.29, 0.717) is 35.6 Å². The summed E-state index contributed by atoms with van der Waals surface area (Å²) in [6.45, 7) is 4.07. The zero-order valence-electron chi connectivity index (χ0n) is 21.3. The van der Waals surface area contributed by atoms with Gasteiger partial charge in [-0.15, -0.1) is 0 Å². The number of aryl methyl sites for hydroxylation is 2. The fraction of sp³-hybridized carbons (Fsp3) is 0.308. The number of carbonyl (C=O) groups excluding carboxylic acids is 1. The molecule has 0 atom stereocenters. The highest BCUT2D eigenvalue weighted by Gasteiger charge is 2.35. The van der Waals surface area contributed by atoms with Gasteiger partial charge in [-0.3, -0.25) is 0 Å². The molecule has 5 rings (SSSR count). The first kappa shape index (κ1) is 27.1. The number of nitrogens with one attached hydrogen (secondary N) is 1. The molecule has 1 N–H and O–H groups in total. The first-order valence-electron chi connectivity index (χ1n) is 12.2. The molecule has 4 heterocycles. The topological polar surface area (TPSA) is 110 Å².